The Morgan fingerprint density at radius 1 is 0.897 bits per heavy atom. The van der Waals surface area contributed by atoms with Crippen LogP contribution >= 0.6 is 0 Å². The Labute approximate surface area is 230 Å². The summed E-state index contributed by atoms with van der Waals surface area (Å²) in [6.07, 6.45) is 0. The van der Waals surface area contributed by atoms with Gasteiger partial charge in [0.05, 0.1) is 25.9 Å². The molecule has 0 spiro atoms. The Bertz CT molecular complexity index is 1300. The molecule has 39 heavy (non-hydrogen) atoms. The zero-order chi connectivity index (χ0) is 27.2. The highest BCUT2D eigenvalue weighted by Crippen LogP contribution is 2.28. The minimum absolute atomic E-state index is 0.0314. The van der Waals surface area contributed by atoms with Gasteiger partial charge in [0.2, 0.25) is 0 Å². The highest BCUT2D eigenvalue weighted by atomic mass is 16.5. The van der Waals surface area contributed by atoms with Gasteiger partial charge in [0.25, 0.3) is 11.8 Å². The van der Waals surface area contributed by atoms with E-state index >= 15 is 0 Å². The van der Waals surface area contributed by atoms with Gasteiger partial charge < -0.3 is 24.6 Å². The number of morpholine rings is 1. The molecule has 2 fully saturated rings. The summed E-state index contributed by atoms with van der Waals surface area (Å²) in [6, 6.07) is 21.3. The van der Waals surface area contributed by atoms with Crippen LogP contribution < -0.4 is 15.0 Å². The van der Waals surface area contributed by atoms with Crippen molar-refractivity contribution in [1.29, 1.82) is 0 Å². The third-order valence-electron chi connectivity index (χ3n) is 7.34. The first-order valence-electron chi connectivity index (χ1n) is 13.5. The summed E-state index contributed by atoms with van der Waals surface area (Å²) in [5, 5.41) is 2.96. The zero-order valence-corrected chi connectivity index (χ0v) is 22.7. The lowest BCUT2D eigenvalue weighted by atomic mass is 10.1. The predicted octanol–water partition coefficient (Wildman–Crippen LogP) is 4.05. The number of amides is 2. The lowest BCUT2D eigenvalue weighted by molar-refractivity contribution is 0.0303. The molecule has 1 N–H and O–H groups in total. The van der Waals surface area contributed by atoms with Crippen LogP contribution in [-0.4, -0.2) is 81.2 Å². The van der Waals surface area contributed by atoms with Crippen LogP contribution in [0.3, 0.4) is 0 Å². The molecule has 2 aliphatic rings. The molecule has 0 atom stereocenters. The highest BCUT2D eigenvalue weighted by molar-refractivity contribution is 6.06. The average molecular weight is 529 g/mol. The minimum Gasteiger partial charge on any atom is -0.497 e. The summed E-state index contributed by atoms with van der Waals surface area (Å²) in [5.74, 6) is 0.421. The van der Waals surface area contributed by atoms with Gasteiger partial charge in [0.15, 0.2) is 0 Å². The van der Waals surface area contributed by atoms with Crippen LogP contribution in [-0.2, 0) is 11.3 Å². The van der Waals surface area contributed by atoms with Crippen LogP contribution in [0, 0.1) is 6.92 Å². The molecular formula is C31H36N4O4. The van der Waals surface area contributed by atoms with Gasteiger partial charge in [-0.05, 0) is 55.0 Å². The van der Waals surface area contributed by atoms with E-state index in [1.54, 1.807) is 31.4 Å². The Balaban J connectivity index is 1.33. The van der Waals surface area contributed by atoms with Crippen molar-refractivity contribution in [1.82, 2.24) is 9.80 Å². The first kappa shape index (κ1) is 26.7. The van der Waals surface area contributed by atoms with Crippen molar-refractivity contribution < 1.29 is 19.1 Å². The number of ether oxygens (including phenoxy) is 2. The standard InChI is InChI=1S/C31H36N4O4/c1-23-4-3-5-24(20-23)22-33-12-14-34(15-13-33)29-11-8-26(21-28(29)31(37)35-16-18-39-19-17-35)32-30(36)25-6-9-27(38-2)10-7-25/h3-11,20-21H,12-19,22H2,1-2H3,(H,32,36). The Morgan fingerprint density at radius 2 is 1.64 bits per heavy atom. The van der Waals surface area contributed by atoms with Crippen molar-refractivity contribution in [3.05, 3.63) is 89.0 Å². The van der Waals surface area contributed by atoms with E-state index in [-0.39, 0.29) is 11.8 Å². The van der Waals surface area contributed by atoms with Crippen LogP contribution in [0.1, 0.15) is 31.8 Å². The van der Waals surface area contributed by atoms with E-state index in [9.17, 15) is 9.59 Å². The molecule has 0 bridgehead atoms. The molecule has 0 aliphatic carbocycles. The van der Waals surface area contributed by atoms with Gasteiger partial charge in [-0.3, -0.25) is 14.5 Å². The van der Waals surface area contributed by atoms with E-state index in [1.807, 2.05) is 23.1 Å². The molecule has 204 valence electrons. The van der Waals surface area contributed by atoms with E-state index in [0.717, 1.165) is 38.4 Å². The molecule has 0 radical (unpaired) electrons. The molecule has 2 aliphatic heterocycles. The number of carbonyl (C=O) groups is 2. The van der Waals surface area contributed by atoms with Gasteiger partial charge in [-0.15, -0.1) is 0 Å². The van der Waals surface area contributed by atoms with Crippen molar-refractivity contribution in [3.8, 4) is 5.75 Å². The molecule has 3 aromatic rings. The van der Waals surface area contributed by atoms with Crippen LogP contribution in [0.15, 0.2) is 66.7 Å². The van der Waals surface area contributed by atoms with E-state index in [4.69, 9.17) is 9.47 Å². The summed E-state index contributed by atoms with van der Waals surface area (Å²) in [7, 11) is 1.59. The van der Waals surface area contributed by atoms with Gasteiger partial charge >= 0.3 is 0 Å². The van der Waals surface area contributed by atoms with Crippen molar-refractivity contribution in [3.63, 3.8) is 0 Å². The molecule has 5 rings (SSSR count). The molecule has 0 saturated carbocycles. The quantitative estimate of drug-likeness (QED) is 0.499. The Hall–Kier alpha value is -3.88. The third kappa shape index (κ3) is 6.58. The fourth-order valence-corrected chi connectivity index (χ4v) is 5.16. The zero-order valence-electron chi connectivity index (χ0n) is 22.7. The number of nitrogens with one attached hydrogen (secondary N) is 1. The van der Waals surface area contributed by atoms with Crippen molar-refractivity contribution in [2.24, 2.45) is 0 Å². The van der Waals surface area contributed by atoms with E-state index in [2.05, 4.69) is 46.3 Å². The van der Waals surface area contributed by atoms with Crippen LogP contribution in [0.5, 0.6) is 5.75 Å². The maximum atomic E-state index is 13.7. The second-order valence-corrected chi connectivity index (χ2v) is 10.1. The van der Waals surface area contributed by atoms with E-state index < -0.39 is 0 Å². The maximum Gasteiger partial charge on any atom is 0.256 e. The summed E-state index contributed by atoms with van der Waals surface area (Å²) in [5.41, 5.74) is 5.22. The summed E-state index contributed by atoms with van der Waals surface area (Å²) in [4.78, 5) is 33.2. The van der Waals surface area contributed by atoms with Gasteiger partial charge in [-0.1, -0.05) is 29.8 Å². The van der Waals surface area contributed by atoms with Crippen molar-refractivity contribution in [2.45, 2.75) is 13.5 Å². The minimum atomic E-state index is -0.236. The fourth-order valence-electron chi connectivity index (χ4n) is 5.16. The number of methoxy groups -OCH3 is 1. The second kappa shape index (κ2) is 12.3. The van der Waals surface area contributed by atoms with Gasteiger partial charge in [-0.2, -0.15) is 0 Å². The molecule has 2 saturated heterocycles. The first-order chi connectivity index (χ1) is 19.0. The number of aryl methyl sites for hydroxylation is 1. The van der Waals surface area contributed by atoms with E-state index in [1.165, 1.54) is 11.1 Å². The number of hydrogen-bond acceptors (Lipinski definition) is 6. The number of benzene rings is 3. The topological polar surface area (TPSA) is 74.4 Å². The molecule has 2 heterocycles. The van der Waals surface area contributed by atoms with Crippen LogP contribution in [0.4, 0.5) is 11.4 Å². The lowest BCUT2D eigenvalue weighted by Gasteiger charge is -2.37. The second-order valence-electron chi connectivity index (χ2n) is 10.1. The predicted molar refractivity (Wildman–Crippen MR) is 153 cm³/mol. The Kier molecular flexibility index (Phi) is 8.44. The summed E-state index contributed by atoms with van der Waals surface area (Å²) >= 11 is 0. The van der Waals surface area contributed by atoms with Crippen LogP contribution in [0.25, 0.3) is 0 Å². The normalized spacial score (nSPS) is 16.2. The average Bonchev–Trinajstić information content (AvgIpc) is 2.98. The number of anilines is 2. The molecule has 8 heteroatoms. The summed E-state index contributed by atoms with van der Waals surface area (Å²) < 4.78 is 10.7. The van der Waals surface area contributed by atoms with Crippen LogP contribution in [0.2, 0.25) is 0 Å². The first-order valence-corrected chi connectivity index (χ1v) is 13.5. The number of rotatable bonds is 7. The number of nitrogens with zero attached hydrogens (tertiary/aromatic N) is 3. The summed E-state index contributed by atoms with van der Waals surface area (Å²) in [6.45, 7) is 8.71. The van der Waals surface area contributed by atoms with Crippen molar-refractivity contribution in [2.75, 3.05) is 69.8 Å². The highest BCUT2D eigenvalue weighted by Gasteiger charge is 2.26. The number of hydrogen-bond donors (Lipinski definition) is 1. The van der Waals surface area contributed by atoms with E-state index in [0.29, 0.717) is 48.9 Å². The molecule has 0 unspecified atom stereocenters. The SMILES string of the molecule is COc1ccc(C(=O)Nc2ccc(N3CCN(Cc4cccc(C)c4)CC3)c(C(=O)N3CCOCC3)c2)cc1. The maximum absolute atomic E-state index is 13.7. The molecule has 0 aromatic heterocycles. The Morgan fingerprint density at radius 3 is 2.33 bits per heavy atom. The molecule has 3 aromatic carbocycles. The molecule has 2 amide bonds. The monoisotopic (exact) mass is 528 g/mol. The lowest BCUT2D eigenvalue weighted by Crippen LogP contribution is -2.47. The van der Waals surface area contributed by atoms with Gasteiger partial charge in [0, 0.05) is 62.8 Å². The smallest absolute Gasteiger partial charge is 0.256 e. The number of carbonyl (C=O) groups excluding carboxylic acids is 2. The van der Waals surface area contributed by atoms with Gasteiger partial charge in [-0.25, -0.2) is 0 Å². The van der Waals surface area contributed by atoms with Crippen molar-refractivity contribution >= 4 is 23.2 Å². The number of piperazine rings is 1. The molecular weight excluding hydrogens is 492 g/mol. The third-order valence-corrected chi connectivity index (χ3v) is 7.34. The fraction of sp³-hybridized carbons (Fsp3) is 0.355. The molecule has 8 nitrogen and oxygen atoms in total. The van der Waals surface area contributed by atoms with Gasteiger partial charge in [0.1, 0.15) is 5.75 Å². The largest absolute Gasteiger partial charge is 0.497 e.